The van der Waals surface area contributed by atoms with Crippen LogP contribution in [0.1, 0.15) is 16.7 Å². The van der Waals surface area contributed by atoms with E-state index < -0.39 is 0 Å². The first-order valence-electron chi connectivity index (χ1n) is 9.29. The lowest BCUT2D eigenvalue weighted by Gasteiger charge is -2.12. The van der Waals surface area contributed by atoms with Crippen LogP contribution in [-0.4, -0.2) is 19.2 Å². The first kappa shape index (κ1) is 17.9. The number of rotatable bonds is 7. The van der Waals surface area contributed by atoms with Gasteiger partial charge in [-0.1, -0.05) is 54.6 Å². The maximum absolute atomic E-state index is 12.3. The second kappa shape index (κ2) is 8.48. The molecular weight excluding hydrogens is 352 g/mol. The fourth-order valence-electron chi connectivity index (χ4n) is 3.15. The number of amides is 1. The molecule has 0 aliphatic carbocycles. The van der Waals surface area contributed by atoms with Crippen LogP contribution in [0.2, 0.25) is 0 Å². The molecule has 28 heavy (non-hydrogen) atoms. The van der Waals surface area contributed by atoms with Crippen molar-refractivity contribution in [3.05, 3.63) is 89.5 Å². The molecule has 1 aliphatic heterocycles. The van der Waals surface area contributed by atoms with Crippen molar-refractivity contribution in [2.45, 2.75) is 13.0 Å². The van der Waals surface area contributed by atoms with E-state index in [1.807, 2.05) is 54.6 Å². The highest BCUT2D eigenvalue weighted by atomic mass is 16.7. The van der Waals surface area contributed by atoms with E-state index in [1.54, 1.807) is 0 Å². The number of benzene rings is 3. The van der Waals surface area contributed by atoms with Gasteiger partial charge in [-0.15, -0.1) is 0 Å². The Morgan fingerprint density at radius 2 is 1.64 bits per heavy atom. The summed E-state index contributed by atoms with van der Waals surface area (Å²) in [5.41, 5.74) is 4.35. The monoisotopic (exact) mass is 374 g/mol. The van der Waals surface area contributed by atoms with Gasteiger partial charge in [-0.3, -0.25) is 4.79 Å². The average Bonchev–Trinajstić information content (AvgIpc) is 3.20. The zero-order chi connectivity index (χ0) is 19.2. The fourth-order valence-corrected chi connectivity index (χ4v) is 3.15. The van der Waals surface area contributed by atoms with Crippen LogP contribution < -0.4 is 20.1 Å². The van der Waals surface area contributed by atoms with Crippen molar-refractivity contribution < 1.29 is 14.3 Å². The Balaban J connectivity index is 1.31. The molecule has 1 aliphatic rings. The Kier molecular flexibility index (Phi) is 5.43. The highest BCUT2D eigenvalue weighted by Crippen LogP contribution is 2.32. The predicted molar refractivity (Wildman–Crippen MR) is 109 cm³/mol. The van der Waals surface area contributed by atoms with Crippen LogP contribution in [0.5, 0.6) is 11.5 Å². The Morgan fingerprint density at radius 1 is 0.857 bits per heavy atom. The van der Waals surface area contributed by atoms with E-state index in [4.69, 9.17) is 9.47 Å². The van der Waals surface area contributed by atoms with Crippen molar-refractivity contribution in [2.75, 3.05) is 18.7 Å². The molecule has 5 nitrogen and oxygen atoms in total. The van der Waals surface area contributed by atoms with Crippen LogP contribution in [0, 0.1) is 0 Å². The largest absolute Gasteiger partial charge is 0.454 e. The lowest BCUT2D eigenvalue weighted by atomic mass is 10.0. The topological polar surface area (TPSA) is 59.6 Å². The summed E-state index contributed by atoms with van der Waals surface area (Å²) in [6.07, 6.45) is 0.822. The van der Waals surface area contributed by atoms with Crippen LogP contribution in [0.3, 0.4) is 0 Å². The van der Waals surface area contributed by atoms with Crippen molar-refractivity contribution in [3.8, 4) is 11.5 Å². The van der Waals surface area contributed by atoms with Gasteiger partial charge in [-0.25, -0.2) is 0 Å². The second-order valence-corrected chi connectivity index (χ2v) is 6.64. The van der Waals surface area contributed by atoms with E-state index >= 15 is 0 Å². The number of hydrogen-bond donors (Lipinski definition) is 2. The van der Waals surface area contributed by atoms with Crippen molar-refractivity contribution in [1.82, 2.24) is 5.32 Å². The number of nitrogens with one attached hydrogen (secondary N) is 2. The molecule has 0 spiro atoms. The maximum Gasteiger partial charge on any atom is 0.239 e. The van der Waals surface area contributed by atoms with E-state index in [0.29, 0.717) is 6.54 Å². The Hall–Kier alpha value is -3.47. The Bertz CT molecular complexity index is 957. The minimum atomic E-state index is -0.0628. The molecule has 4 rings (SSSR count). The summed E-state index contributed by atoms with van der Waals surface area (Å²) in [5, 5.41) is 6.19. The van der Waals surface area contributed by atoms with Crippen LogP contribution in [0.25, 0.3) is 0 Å². The quantitative estimate of drug-likeness (QED) is 0.662. The van der Waals surface area contributed by atoms with Gasteiger partial charge in [0.25, 0.3) is 0 Å². The smallest absolute Gasteiger partial charge is 0.239 e. The van der Waals surface area contributed by atoms with E-state index in [9.17, 15) is 4.79 Å². The average molecular weight is 374 g/mol. The Labute approximate surface area is 164 Å². The van der Waals surface area contributed by atoms with Gasteiger partial charge in [0.05, 0.1) is 6.54 Å². The molecule has 0 atom stereocenters. The molecule has 1 heterocycles. The van der Waals surface area contributed by atoms with Crippen LogP contribution in [-0.2, 0) is 17.8 Å². The fraction of sp³-hybridized carbons (Fsp3) is 0.174. The molecule has 3 aromatic carbocycles. The summed E-state index contributed by atoms with van der Waals surface area (Å²) in [4.78, 5) is 12.3. The van der Waals surface area contributed by atoms with Gasteiger partial charge in [0, 0.05) is 12.2 Å². The number of anilines is 1. The molecule has 0 bridgehead atoms. The zero-order valence-corrected chi connectivity index (χ0v) is 15.5. The maximum atomic E-state index is 12.3. The van der Waals surface area contributed by atoms with Gasteiger partial charge in [0.15, 0.2) is 11.5 Å². The molecule has 5 heteroatoms. The van der Waals surface area contributed by atoms with Crippen molar-refractivity contribution in [2.24, 2.45) is 0 Å². The summed E-state index contributed by atoms with van der Waals surface area (Å²) in [5.74, 6) is 1.40. The van der Waals surface area contributed by atoms with Gasteiger partial charge in [-0.2, -0.15) is 0 Å². The van der Waals surface area contributed by atoms with Crippen molar-refractivity contribution in [1.29, 1.82) is 0 Å². The first-order chi connectivity index (χ1) is 13.8. The molecule has 0 saturated carbocycles. The van der Waals surface area contributed by atoms with Gasteiger partial charge >= 0.3 is 0 Å². The molecule has 0 unspecified atom stereocenters. The molecule has 0 aromatic heterocycles. The molecule has 142 valence electrons. The third kappa shape index (κ3) is 4.43. The number of para-hydroxylation sites is 1. The highest BCUT2D eigenvalue weighted by molar-refractivity contribution is 5.81. The van der Waals surface area contributed by atoms with E-state index in [1.165, 1.54) is 5.56 Å². The van der Waals surface area contributed by atoms with Crippen LogP contribution >= 0.6 is 0 Å². The molecular formula is C23H22N2O3. The second-order valence-electron chi connectivity index (χ2n) is 6.64. The van der Waals surface area contributed by atoms with Gasteiger partial charge in [0.1, 0.15) is 0 Å². The number of fused-ring (bicyclic) bond motifs is 1. The van der Waals surface area contributed by atoms with Crippen LogP contribution in [0.4, 0.5) is 5.69 Å². The lowest BCUT2D eigenvalue weighted by Crippen LogP contribution is -2.29. The normalized spacial score (nSPS) is 11.9. The third-order valence-electron chi connectivity index (χ3n) is 4.62. The van der Waals surface area contributed by atoms with Crippen molar-refractivity contribution in [3.63, 3.8) is 0 Å². The Morgan fingerprint density at radius 3 is 2.54 bits per heavy atom. The number of ether oxygens (including phenoxy) is 2. The van der Waals surface area contributed by atoms with Gasteiger partial charge < -0.3 is 20.1 Å². The van der Waals surface area contributed by atoms with E-state index in [0.717, 1.165) is 34.7 Å². The summed E-state index contributed by atoms with van der Waals surface area (Å²) in [6.45, 7) is 0.913. The molecule has 0 radical (unpaired) electrons. The molecule has 1 amide bonds. The summed E-state index contributed by atoms with van der Waals surface area (Å²) >= 11 is 0. The summed E-state index contributed by atoms with van der Waals surface area (Å²) in [6, 6.07) is 24.1. The van der Waals surface area contributed by atoms with Crippen LogP contribution in [0.15, 0.2) is 72.8 Å². The number of carbonyl (C=O) groups is 1. The molecule has 2 N–H and O–H groups in total. The zero-order valence-electron chi connectivity index (χ0n) is 15.5. The SMILES string of the molecule is O=C(CNc1ccccc1Cc1ccccc1)NCc1ccc2c(c1)OCO2. The summed E-state index contributed by atoms with van der Waals surface area (Å²) < 4.78 is 10.7. The molecule has 3 aromatic rings. The van der Waals surface area contributed by atoms with Gasteiger partial charge in [0.2, 0.25) is 12.7 Å². The minimum absolute atomic E-state index is 0.0628. The van der Waals surface area contributed by atoms with Crippen molar-refractivity contribution >= 4 is 11.6 Å². The molecule has 0 saturated heterocycles. The standard InChI is InChI=1S/C23H22N2O3/c26-23(25-14-18-10-11-21-22(13-18)28-16-27-21)15-24-20-9-5-4-8-19(20)12-17-6-2-1-3-7-17/h1-11,13,24H,12,14-16H2,(H,25,26). The highest BCUT2D eigenvalue weighted by Gasteiger charge is 2.13. The summed E-state index contributed by atoms with van der Waals surface area (Å²) in [7, 11) is 0. The number of carbonyl (C=O) groups excluding carboxylic acids is 1. The third-order valence-corrected chi connectivity index (χ3v) is 4.62. The lowest BCUT2D eigenvalue weighted by molar-refractivity contribution is -0.119. The van der Waals surface area contributed by atoms with Gasteiger partial charge in [-0.05, 0) is 41.3 Å². The number of hydrogen-bond acceptors (Lipinski definition) is 4. The van der Waals surface area contributed by atoms with E-state index in [2.05, 4.69) is 28.8 Å². The minimum Gasteiger partial charge on any atom is -0.454 e. The first-order valence-corrected chi connectivity index (χ1v) is 9.29. The molecule has 0 fully saturated rings. The predicted octanol–water partition coefficient (Wildman–Crippen LogP) is 3.73. The van der Waals surface area contributed by atoms with E-state index in [-0.39, 0.29) is 19.2 Å².